The van der Waals surface area contributed by atoms with Crippen LogP contribution in [-0.2, 0) is 0 Å². The molecule has 0 bridgehead atoms. The second kappa shape index (κ2) is 3.91. The van der Waals surface area contributed by atoms with Crippen molar-refractivity contribution >= 4 is 16.5 Å². The Morgan fingerprint density at radius 3 is 2.50 bits per heavy atom. The van der Waals surface area contributed by atoms with Crippen LogP contribution in [0.2, 0.25) is 0 Å². The van der Waals surface area contributed by atoms with E-state index in [9.17, 15) is 0 Å². The Hall–Kier alpha value is -2.22. The van der Waals surface area contributed by atoms with Gasteiger partial charge in [0.2, 0.25) is 0 Å². The molecule has 2 aromatic heterocycles. The highest BCUT2D eigenvalue weighted by Crippen LogP contribution is 2.29. The van der Waals surface area contributed by atoms with Crippen LogP contribution in [0.5, 0.6) is 0 Å². The van der Waals surface area contributed by atoms with Gasteiger partial charge in [-0.15, -0.1) is 0 Å². The second-order valence-electron chi connectivity index (χ2n) is 4.68. The Kier molecular flexibility index (Phi) is 2.37. The zero-order valence-electron chi connectivity index (χ0n) is 10.7. The van der Waals surface area contributed by atoms with Gasteiger partial charge in [0.25, 0.3) is 0 Å². The first-order chi connectivity index (χ1) is 8.68. The molecular formula is C16H16N2. The van der Waals surface area contributed by atoms with Crippen LogP contribution < -0.4 is 0 Å². The molecule has 0 unspecified atom stereocenters. The first-order valence-electron chi connectivity index (χ1n) is 6.09. The van der Waals surface area contributed by atoms with Crippen molar-refractivity contribution in [3.05, 3.63) is 65.6 Å². The van der Waals surface area contributed by atoms with Gasteiger partial charge in [0.15, 0.2) is 0 Å². The molecule has 2 heteroatoms. The third-order valence-corrected chi connectivity index (χ3v) is 3.52. The Bertz CT molecular complexity index is 728. The topological polar surface area (TPSA) is 31.6 Å². The Labute approximate surface area is 106 Å². The van der Waals surface area contributed by atoms with Crippen molar-refractivity contribution in [2.45, 2.75) is 13.8 Å². The molecule has 0 spiro atoms. The molecule has 0 fully saturated rings. The number of H-pyrrole nitrogens is 2. The smallest absolute Gasteiger partial charge is 0.0509 e. The van der Waals surface area contributed by atoms with Crippen molar-refractivity contribution in [3.63, 3.8) is 0 Å². The fraction of sp³-hybridized carbons (Fsp3) is 0.125. The lowest BCUT2D eigenvalue weighted by Crippen LogP contribution is -1.91. The molecule has 0 aliphatic rings. The average molecular weight is 236 g/mol. The molecule has 0 radical (unpaired) electrons. The number of benzene rings is 1. The molecule has 2 heterocycles. The Morgan fingerprint density at radius 1 is 1.06 bits per heavy atom. The lowest BCUT2D eigenvalue weighted by Gasteiger charge is -2.04. The van der Waals surface area contributed by atoms with E-state index in [-0.39, 0.29) is 0 Å². The summed E-state index contributed by atoms with van der Waals surface area (Å²) in [5.41, 5.74) is 6.87. The lowest BCUT2D eigenvalue weighted by molar-refractivity contribution is 1.27. The van der Waals surface area contributed by atoms with Crippen LogP contribution in [0.1, 0.15) is 22.5 Å². The Morgan fingerprint density at radius 2 is 1.83 bits per heavy atom. The van der Waals surface area contributed by atoms with Gasteiger partial charge in [-0.2, -0.15) is 0 Å². The van der Waals surface area contributed by atoms with Crippen molar-refractivity contribution < 1.29 is 0 Å². The minimum Gasteiger partial charge on any atom is -0.361 e. The van der Waals surface area contributed by atoms with Gasteiger partial charge < -0.3 is 9.97 Å². The summed E-state index contributed by atoms with van der Waals surface area (Å²) in [7, 11) is 0. The van der Waals surface area contributed by atoms with E-state index in [0.29, 0.717) is 0 Å². The maximum Gasteiger partial charge on any atom is 0.0509 e. The van der Waals surface area contributed by atoms with Gasteiger partial charge in [-0.25, -0.2) is 0 Å². The SMILES string of the molecule is C=C(c1[nH]ccc1C)c1[nH]c2ccccc2c1C. The first kappa shape index (κ1) is 10.9. The van der Waals surface area contributed by atoms with Crippen LogP contribution in [0.3, 0.4) is 0 Å². The number of hydrogen-bond donors (Lipinski definition) is 2. The van der Waals surface area contributed by atoms with Crippen molar-refractivity contribution in [1.29, 1.82) is 0 Å². The van der Waals surface area contributed by atoms with E-state index in [2.05, 4.69) is 54.7 Å². The number of nitrogens with one attached hydrogen (secondary N) is 2. The van der Waals surface area contributed by atoms with Crippen LogP contribution in [-0.4, -0.2) is 9.97 Å². The molecule has 0 amide bonds. The highest BCUT2D eigenvalue weighted by atomic mass is 14.8. The van der Waals surface area contributed by atoms with Crippen LogP contribution >= 0.6 is 0 Å². The summed E-state index contributed by atoms with van der Waals surface area (Å²) in [4.78, 5) is 6.72. The predicted octanol–water partition coefficient (Wildman–Crippen LogP) is 4.17. The summed E-state index contributed by atoms with van der Waals surface area (Å²) in [5, 5.41) is 1.26. The maximum absolute atomic E-state index is 4.22. The van der Waals surface area contributed by atoms with E-state index in [1.807, 2.05) is 12.3 Å². The molecular weight excluding hydrogens is 220 g/mol. The summed E-state index contributed by atoms with van der Waals surface area (Å²) in [6.45, 7) is 8.45. The quantitative estimate of drug-likeness (QED) is 0.669. The van der Waals surface area contributed by atoms with E-state index < -0.39 is 0 Å². The van der Waals surface area contributed by atoms with E-state index in [0.717, 1.165) is 22.5 Å². The molecule has 18 heavy (non-hydrogen) atoms. The van der Waals surface area contributed by atoms with Gasteiger partial charge in [0.05, 0.1) is 5.69 Å². The number of fused-ring (bicyclic) bond motifs is 1. The number of aryl methyl sites for hydroxylation is 2. The average Bonchev–Trinajstić information content (AvgIpc) is 2.94. The largest absolute Gasteiger partial charge is 0.361 e. The van der Waals surface area contributed by atoms with Gasteiger partial charge >= 0.3 is 0 Å². The van der Waals surface area contributed by atoms with Crippen LogP contribution in [0.15, 0.2) is 43.1 Å². The van der Waals surface area contributed by atoms with Crippen LogP contribution in [0, 0.1) is 13.8 Å². The second-order valence-corrected chi connectivity index (χ2v) is 4.68. The molecule has 2 nitrogen and oxygen atoms in total. The van der Waals surface area contributed by atoms with Crippen LogP contribution in [0.25, 0.3) is 16.5 Å². The number of hydrogen-bond acceptors (Lipinski definition) is 0. The molecule has 90 valence electrons. The standard InChI is InChI=1S/C16H16N2/c1-10-8-9-17-15(10)12(3)16-11(2)13-6-4-5-7-14(13)18-16/h4-9,17-18H,3H2,1-2H3. The highest BCUT2D eigenvalue weighted by molar-refractivity contribution is 5.91. The van der Waals surface area contributed by atoms with Crippen molar-refractivity contribution in [3.8, 4) is 0 Å². The molecule has 0 aliphatic carbocycles. The van der Waals surface area contributed by atoms with E-state index in [4.69, 9.17) is 0 Å². The zero-order valence-corrected chi connectivity index (χ0v) is 10.7. The summed E-state index contributed by atoms with van der Waals surface area (Å²) >= 11 is 0. The normalized spacial score (nSPS) is 11.0. The number of para-hydroxylation sites is 1. The molecule has 0 aliphatic heterocycles. The number of aromatic nitrogens is 2. The minimum atomic E-state index is 1.02. The molecule has 1 aromatic carbocycles. The molecule has 3 rings (SSSR count). The van der Waals surface area contributed by atoms with Crippen molar-refractivity contribution in [2.75, 3.05) is 0 Å². The summed E-state index contributed by atoms with van der Waals surface area (Å²) in [6, 6.07) is 10.4. The summed E-state index contributed by atoms with van der Waals surface area (Å²) < 4.78 is 0. The molecule has 3 aromatic rings. The van der Waals surface area contributed by atoms with Crippen LogP contribution in [0.4, 0.5) is 0 Å². The summed E-state index contributed by atoms with van der Waals surface area (Å²) in [6.07, 6.45) is 1.95. The summed E-state index contributed by atoms with van der Waals surface area (Å²) in [5.74, 6) is 0. The van der Waals surface area contributed by atoms with E-state index in [1.165, 1.54) is 16.5 Å². The van der Waals surface area contributed by atoms with Crippen molar-refractivity contribution in [1.82, 2.24) is 9.97 Å². The van der Waals surface area contributed by atoms with Gasteiger partial charge in [0.1, 0.15) is 0 Å². The van der Waals surface area contributed by atoms with Gasteiger partial charge in [-0.1, -0.05) is 24.8 Å². The fourth-order valence-corrected chi connectivity index (χ4v) is 2.48. The van der Waals surface area contributed by atoms with Gasteiger partial charge in [0, 0.05) is 28.4 Å². The van der Waals surface area contributed by atoms with Gasteiger partial charge in [-0.3, -0.25) is 0 Å². The third-order valence-electron chi connectivity index (χ3n) is 3.52. The van der Waals surface area contributed by atoms with Gasteiger partial charge in [-0.05, 0) is 37.1 Å². The highest BCUT2D eigenvalue weighted by Gasteiger charge is 2.13. The third kappa shape index (κ3) is 1.50. The zero-order chi connectivity index (χ0) is 12.7. The number of rotatable bonds is 2. The predicted molar refractivity (Wildman–Crippen MR) is 76.7 cm³/mol. The molecule has 0 saturated heterocycles. The number of aromatic amines is 2. The Balaban J connectivity index is 2.18. The first-order valence-corrected chi connectivity index (χ1v) is 6.09. The molecule has 2 N–H and O–H groups in total. The monoisotopic (exact) mass is 236 g/mol. The minimum absolute atomic E-state index is 1.02. The molecule has 0 saturated carbocycles. The molecule has 0 atom stereocenters. The van der Waals surface area contributed by atoms with E-state index >= 15 is 0 Å². The van der Waals surface area contributed by atoms with E-state index in [1.54, 1.807) is 0 Å². The fourth-order valence-electron chi connectivity index (χ4n) is 2.48. The van der Waals surface area contributed by atoms with Crippen molar-refractivity contribution in [2.24, 2.45) is 0 Å². The lowest BCUT2D eigenvalue weighted by atomic mass is 10.0. The maximum atomic E-state index is 4.22.